The highest BCUT2D eigenvalue weighted by atomic mass is 16.6. The van der Waals surface area contributed by atoms with Crippen molar-refractivity contribution >= 4 is 12.1 Å². The van der Waals surface area contributed by atoms with Crippen molar-refractivity contribution in [1.82, 2.24) is 5.32 Å². The van der Waals surface area contributed by atoms with E-state index in [-0.39, 0.29) is 6.61 Å². The number of alkyl carbamates (subject to hydrolysis) is 1. The van der Waals surface area contributed by atoms with E-state index in [1.165, 1.54) is 0 Å². The summed E-state index contributed by atoms with van der Waals surface area (Å²) >= 11 is 0. The van der Waals surface area contributed by atoms with Gasteiger partial charge in [-0.3, -0.25) is 0 Å². The van der Waals surface area contributed by atoms with Gasteiger partial charge >= 0.3 is 12.1 Å². The van der Waals surface area contributed by atoms with Gasteiger partial charge in [0, 0.05) is 12.6 Å². The monoisotopic (exact) mass is 479 g/mol. The maximum absolute atomic E-state index is 11.4. The van der Waals surface area contributed by atoms with Crippen molar-refractivity contribution in [3.05, 3.63) is 12.7 Å². The number of carbonyl (C=O) groups excluding carboxylic acids is 2. The van der Waals surface area contributed by atoms with Gasteiger partial charge in [0.15, 0.2) is 0 Å². The molecule has 33 heavy (non-hydrogen) atoms. The Morgan fingerprint density at radius 2 is 1.03 bits per heavy atom. The zero-order valence-electron chi connectivity index (χ0n) is 20.3. The smallest absolute Gasteiger partial charge is 0.407 e. The lowest BCUT2D eigenvalue weighted by Crippen LogP contribution is -2.34. The number of hydrogen-bond acceptors (Lipinski definition) is 10. The van der Waals surface area contributed by atoms with Crippen molar-refractivity contribution in [2.75, 3.05) is 92.4 Å². The predicted molar refractivity (Wildman–Crippen MR) is 120 cm³/mol. The minimum absolute atomic E-state index is 0.196. The van der Waals surface area contributed by atoms with E-state index in [1.54, 1.807) is 0 Å². The van der Waals surface area contributed by atoms with Crippen molar-refractivity contribution < 1.29 is 47.5 Å². The van der Waals surface area contributed by atoms with Crippen molar-refractivity contribution in [2.45, 2.75) is 26.4 Å². The highest BCUT2D eigenvalue weighted by molar-refractivity contribution is 5.81. The fourth-order valence-corrected chi connectivity index (χ4v) is 2.00. The number of rotatable bonds is 22. The van der Waals surface area contributed by atoms with E-state index in [0.29, 0.717) is 85.8 Å². The quantitative estimate of drug-likeness (QED) is 0.138. The number of carbonyl (C=O) groups is 2. The van der Waals surface area contributed by atoms with Crippen LogP contribution in [0.4, 0.5) is 4.79 Å². The Hall–Kier alpha value is -1.76. The molecule has 0 fully saturated rings. The van der Waals surface area contributed by atoms with E-state index < -0.39 is 17.7 Å². The maximum Gasteiger partial charge on any atom is 0.407 e. The molecule has 1 N–H and O–H groups in total. The molecule has 0 saturated heterocycles. The summed E-state index contributed by atoms with van der Waals surface area (Å²) in [5.41, 5.74) is -0.509. The first-order valence-electron chi connectivity index (χ1n) is 11.1. The number of nitrogens with one attached hydrogen (secondary N) is 1. The third kappa shape index (κ3) is 26.4. The Kier molecular flexibility index (Phi) is 20.9. The van der Waals surface area contributed by atoms with E-state index >= 15 is 0 Å². The van der Waals surface area contributed by atoms with Gasteiger partial charge in [0.25, 0.3) is 0 Å². The zero-order valence-corrected chi connectivity index (χ0v) is 20.3. The van der Waals surface area contributed by atoms with Crippen molar-refractivity contribution in [3.8, 4) is 0 Å². The van der Waals surface area contributed by atoms with Gasteiger partial charge in [-0.05, 0) is 20.8 Å². The van der Waals surface area contributed by atoms with Crippen molar-refractivity contribution in [2.24, 2.45) is 0 Å². The molecule has 0 rings (SSSR count). The molecular weight excluding hydrogens is 438 g/mol. The van der Waals surface area contributed by atoms with Gasteiger partial charge in [0.2, 0.25) is 0 Å². The molecule has 0 atom stereocenters. The van der Waals surface area contributed by atoms with Crippen LogP contribution in [0.5, 0.6) is 0 Å². The van der Waals surface area contributed by atoms with E-state index in [2.05, 4.69) is 11.9 Å². The van der Waals surface area contributed by atoms with Gasteiger partial charge in [-0.1, -0.05) is 6.58 Å². The van der Waals surface area contributed by atoms with E-state index in [1.807, 2.05) is 20.8 Å². The Bertz CT molecular complexity index is 496. The van der Waals surface area contributed by atoms with E-state index in [4.69, 9.17) is 37.9 Å². The van der Waals surface area contributed by atoms with Crippen LogP contribution in [0.2, 0.25) is 0 Å². The van der Waals surface area contributed by atoms with Gasteiger partial charge in [0.05, 0.1) is 79.3 Å². The minimum Gasteiger partial charge on any atom is -0.460 e. The molecule has 11 nitrogen and oxygen atoms in total. The van der Waals surface area contributed by atoms with Crippen LogP contribution in [0.1, 0.15) is 20.8 Å². The van der Waals surface area contributed by atoms with Crippen LogP contribution in [0.3, 0.4) is 0 Å². The first-order chi connectivity index (χ1) is 15.8. The van der Waals surface area contributed by atoms with E-state index in [9.17, 15) is 9.59 Å². The fraction of sp³-hybridized carbons (Fsp3) is 0.818. The van der Waals surface area contributed by atoms with Crippen LogP contribution in [0.15, 0.2) is 12.7 Å². The number of ether oxygens (including phenoxy) is 8. The first kappa shape index (κ1) is 31.2. The van der Waals surface area contributed by atoms with Gasteiger partial charge < -0.3 is 43.2 Å². The van der Waals surface area contributed by atoms with E-state index in [0.717, 1.165) is 6.08 Å². The molecule has 0 aromatic rings. The Balaban J connectivity index is 3.14. The normalized spacial score (nSPS) is 11.2. The summed E-state index contributed by atoms with van der Waals surface area (Å²) in [6.45, 7) is 14.6. The molecule has 194 valence electrons. The molecule has 0 saturated carbocycles. The number of hydrogen-bond donors (Lipinski definition) is 1. The molecule has 0 heterocycles. The summed E-state index contributed by atoms with van der Waals surface area (Å²) in [4.78, 5) is 22.2. The third-order valence-electron chi connectivity index (χ3n) is 3.41. The molecule has 0 aliphatic carbocycles. The largest absolute Gasteiger partial charge is 0.460 e. The van der Waals surface area contributed by atoms with Gasteiger partial charge in [-0.2, -0.15) is 0 Å². The Labute approximate surface area is 196 Å². The summed E-state index contributed by atoms with van der Waals surface area (Å²) in [5.74, 6) is -0.462. The van der Waals surface area contributed by atoms with Crippen LogP contribution in [-0.2, 0) is 42.7 Å². The number of esters is 1. The summed E-state index contributed by atoms with van der Waals surface area (Å²) in [6.07, 6.45) is 0.654. The van der Waals surface area contributed by atoms with Crippen LogP contribution < -0.4 is 5.32 Å². The molecule has 0 aliphatic rings. The third-order valence-corrected chi connectivity index (χ3v) is 3.41. The zero-order chi connectivity index (χ0) is 24.6. The first-order valence-corrected chi connectivity index (χ1v) is 11.1. The SMILES string of the molecule is C=CC(=O)OCCOCCOCCOCCOCCOCCOCCNC(=O)OC(C)(C)C. The van der Waals surface area contributed by atoms with Crippen LogP contribution in [-0.4, -0.2) is 110 Å². The predicted octanol–water partition coefficient (Wildman–Crippen LogP) is 1.34. The minimum atomic E-state index is -0.509. The molecule has 11 heteroatoms. The molecule has 0 bridgehead atoms. The van der Waals surface area contributed by atoms with Gasteiger partial charge in [-0.25, -0.2) is 9.59 Å². The average Bonchev–Trinajstić information content (AvgIpc) is 2.75. The highest BCUT2D eigenvalue weighted by Crippen LogP contribution is 2.06. The van der Waals surface area contributed by atoms with Crippen molar-refractivity contribution in [1.29, 1.82) is 0 Å². The standard InChI is InChI=1S/C22H41NO10/c1-5-20(24)32-19-18-31-17-16-30-15-14-29-13-12-28-11-10-27-9-8-26-7-6-23-21(25)33-22(2,3)4/h5H,1,6-19H2,2-4H3,(H,23,25). The maximum atomic E-state index is 11.4. The highest BCUT2D eigenvalue weighted by Gasteiger charge is 2.15. The van der Waals surface area contributed by atoms with Crippen LogP contribution >= 0.6 is 0 Å². The molecule has 0 aromatic heterocycles. The molecule has 1 amide bonds. The second-order valence-electron chi connectivity index (χ2n) is 7.47. The average molecular weight is 480 g/mol. The lowest BCUT2D eigenvalue weighted by atomic mass is 10.2. The van der Waals surface area contributed by atoms with Crippen LogP contribution in [0, 0.1) is 0 Å². The van der Waals surface area contributed by atoms with Crippen molar-refractivity contribution in [3.63, 3.8) is 0 Å². The lowest BCUT2D eigenvalue weighted by Gasteiger charge is -2.19. The number of amides is 1. The molecular formula is C22H41NO10. The molecule has 0 aliphatic heterocycles. The lowest BCUT2D eigenvalue weighted by molar-refractivity contribution is -0.139. The summed E-state index contributed by atoms with van der Waals surface area (Å²) in [5, 5.41) is 2.61. The van der Waals surface area contributed by atoms with Gasteiger partial charge in [-0.15, -0.1) is 0 Å². The summed E-state index contributed by atoms with van der Waals surface area (Å²) < 4.78 is 42.0. The Morgan fingerprint density at radius 1 is 0.667 bits per heavy atom. The summed E-state index contributed by atoms with van der Waals surface area (Å²) in [6, 6.07) is 0. The second kappa shape index (κ2) is 22.1. The molecule has 0 radical (unpaired) electrons. The molecule has 0 unspecified atom stereocenters. The second-order valence-corrected chi connectivity index (χ2v) is 7.47. The summed E-state index contributed by atoms with van der Waals surface area (Å²) in [7, 11) is 0. The van der Waals surface area contributed by atoms with Gasteiger partial charge in [0.1, 0.15) is 12.2 Å². The fourth-order valence-electron chi connectivity index (χ4n) is 2.00. The Morgan fingerprint density at radius 3 is 1.39 bits per heavy atom. The topological polar surface area (TPSA) is 120 Å². The molecule has 0 aromatic carbocycles. The molecule has 0 spiro atoms. The van der Waals surface area contributed by atoms with Crippen LogP contribution in [0.25, 0.3) is 0 Å².